The number of Topliss-reactive ketones (excluding diaryl/α,β-unsaturated/α-hetero) is 1. The molecule has 1 heterocycles. The largest absolute Gasteiger partial charge is 0.481 e. The van der Waals surface area contributed by atoms with Crippen molar-refractivity contribution in [2.45, 2.75) is 58.5 Å². The first-order valence-electron chi connectivity index (χ1n) is 15.0. The monoisotopic (exact) mass is 609 g/mol. The SMILES string of the molecule is C=c1ccc(C(=O)NCC(F)(F)F)c(CC)/c1=C/N(C)CC(CCC)CCCC(=O)c1ccc(-c2cccc(OC)n2)cc1. The third-order valence-electron chi connectivity index (χ3n) is 7.54. The molecule has 1 N–H and O–H groups in total. The minimum atomic E-state index is -4.48. The van der Waals surface area contributed by atoms with E-state index < -0.39 is 18.6 Å². The van der Waals surface area contributed by atoms with Crippen LogP contribution in [0.15, 0.2) is 54.6 Å². The highest BCUT2D eigenvalue weighted by atomic mass is 19.4. The molecule has 1 amide bonds. The van der Waals surface area contributed by atoms with Gasteiger partial charge in [0, 0.05) is 54.2 Å². The van der Waals surface area contributed by atoms with Crippen LogP contribution in [0.2, 0.25) is 0 Å². The van der Waals surface area contributed by atoms with Gasteiger partial charge in [-0.2, -0.15) is 13.2 Å². The number of halogens is 3. The number of alkyl halides is 3. The van der Waals surface area contributed by atoms with Crippen molar-refractivity contribution in [3.8, 4) is 17.1 Å². The van der Waals surface area contributed by atoms with E-state index in [2.05, 4.69) is 18.5 Å². The van der Waals surface area contributed by atoms with Gasteiger partial charge in [0.2, 0.25) is 5.88 Å². The van der Waals surface area contributed by atoms with Gasteiger partial charge in [-0.3, -0.25) is 9.59 Å². The predicted molar refractivity (Wildman–Crippen MR) is 169 cm³/mol. The summed E-state index contributed by atoms with van der Waals surface area (Å²) < 4.78 is 43.2. The van der Waals surface area contributed by atoms with Crippen molar-refractivity contribution < 1.29 is 27.5 Å². The Bertz CT molecular complexity index is 1520. The molecule has 3 rings (SSSR count). The number of nitrogens with one attached hydrogen (secondary N) is 1. The van der Waals surface area contributed by atoms with Crippen LogP contribution in [-0.2, 0) is 6.42 Å². The molecule has 0 aliphatic heterocycles. The van der Waals surface area contributed by atoms with E-state index in [1.54, 1.807) is 19.2 Å². The van der Waals surface area contributed by atoms with E-state index in [-0.39, 0.29) is 11.3 Å². The number of ether oxygens (including phenoxy) is 1. The van der Waals surface area contributed by atoms with Gasteiger partial charge in [-0.05, 0) is 54.5 Å². The fourth-order valence-corrected chi connectivity index (χ4v) is 5.37. The Hall–Kier alpha value is -4.14. The maximum Gasteiger partial charge on any atom is 0.405 e. The van der Waals surface area contributed by atoms with Crippen LogP contribution < -0.4 is 20.5 Å². The normalized spacial score (nSPS) is 12.6. The minimum Gasteiger partial charge on any atom is -0.481 e. The first-order valence-corrected chi connectivity index (χ1v) is 15.0. The molecule has 1 aromatic heterocycles. The highest BCUT2D eigenvalue weighted by Crippen LogP contribution is 2.22. The van der Waals surface area contributed by atoms with Gasteiger partial charge < -0.3 is 15.0 Å². The average Bonchev–Trinajstić information content (AvgIpc) is 3.00. The number of rotatable bonds is 15. The molecule has 0 aliphatic carbocycles. The van der Waals surface area contributed by atoms with E-state index in [1.807, 2.05) is 66.8 Å². The Balaban J connectivity index is 1.64. The summed E-state index contributed by atoms with van der Waals surface area (Å²) in [5.41, 5.74) is 3.24. The summed E-state index contributed by atoms with van der Waals surface area (Å²) in [7, 11) is 3.52. The van der Waals surface area contributed by atoms with E-state index in [4.69, 9.17) is 4.74 Å². The molecule has 44 heavy (non-hydrogen) atoms. The summed E-state index contributed by atoms with van der Waals surface area (Å²) in [4.78, 5) is 32.0. The lowest BCUT2D eigenvalue weighted by Gasteiger charge is -2.23. The van der Waals surface area contributed by atoms with Crippen LogP contribution >= 0.6 is 0 Å². The summed E-state index contributed by atoms with van der Waals surface area (Å²) in [6.07, 6.45) is 1.98. The standard InChI is InChI=1S/C35H42F3N3O3/c1-6-10-25(11-8-13-32(42)27-18-16-26(17-19-27)31-12-9-14-33(40-31)44-5)21-41(4)22-30-24(3)15-20-29(28(30)7-2)34(43)39-23-35(36,37)38/h9,12,14-20,22,25H,3,6-8,10-11,13,21,23H2,1-2,4-5H3,(H,39,43)/b30-22+. The van der Waals surface area contributed by atoms with Crippen molar-refractivity contribution in [2.24, 2.45) is 5.92 Å². The first kappa shape index (κ1) is 34.4. The Morgan fingerprint density at radius 2 is 1.80 bits per heavy atom. The van der Waals surface area contributed by atoms with Gasteiger partial charge in [0.15, 0.2) is 5.78 Å². The molecule has 236 valence electrons. The third-order valence-corrected chi connectivity index (χ3v) is 7.54. The molecule has 0 aliphatic rings. The van der Waals surface area contributed by atoms with Gasteiger partial charge in [0.25, 0.3) is 5.91 Å². The maximum absolute atomic E-state index is 12.9. The Kier molecular flexibility index (Phi) is 12.6. The maximum atomic E-state index is 12.9. The number of aromatic nitrogens is 1. The summed E-state index contributed by atoms with van der Waals surface area (Å²) in [5, 5.41) is 3.42. The Morgan fingerprint density at radius 3 is 2.43 bits per heavy atom. The van der Waals surface area contributed by atoms with Crippen molar-refractivity contribution in [3.05, 3.63) is 81.7 Å². The summed E-state index contributed by atoms with van der Waals surface area (Å²) in [6, 6.07) is 16.2. The van der Waals surface area contributed by atoms with Gasteiger partial charge in [-0.1, -0.05) is 63.2 Å². The molecule has 0 fully saturated rings. The zero-order valence-corrected chi connectivity index (χ0v) is 26.0. The van der Waals surface area contributed by atoms with Gasteiger partial charge >= 0.3 is 6.18 Å². The third kappa shape index (κ3) is 9.96. The smallest absolute Gasteiger partial charge is 0.405 e. The Labute approximate surface area is 257 Å². The highest BCUT2D eigenvalue weighted by Gasteiger charge is 2.28. The van der Waals surface area contributed by atoms with E-state index >= 15 is 0 Å². The van der Waals surface area contributed by atoms with E-state index in [0.29, 0.717) is 41.0 Å². The van der Waals surface area contributed by atoms with Crippen molar-refractivity contribution in [1.29, 1.82) is 0 Å². The van der Waals surface area contributed by atoms with E-state index in [9.17, 15) is 22.8 Å². The molecule has 6 nitrogen and oxygen atoms in total. The quantitative estimate of drug-likeness (QED) is 0.209. The number of methoxy groups -OCH3 is 1. The summed E-state index contributed by atoms with van der Waals surface area (Å²) in [6.45, 7) is 7.45. The van der Waals surface area contributed by atoms with Crippen LogP contribution in [0.5, 0.6) is 5.88 Å². The summed E-state index contributed by atoms with van der Waals surface area (Å²) >= 11 is 0. The number of nitrogens with zero attached hydrogens (tertiary/aromatic N) is 2. The number of carbonyl (C=O) groups excluding carboxylic acids is 2. The molecule has 2 aromatic carbocycles. The van der Waals surface area contributed by atoms with Crippen LogP contribution in [-0.4, -0.2) is 55.0 Å². The number of hydrogen-bond acceptors (Lipinski definition) is 5. The predicted octanol–water partition coefficient (Wildman–Crippen LogP) is 6.16. The summed E-state index contributed by atoms with van der Waals surface area (Å²) in [5.74, 6) is 0.218. The molecular formula is C35H42F3N3O3. The van der Waals surface area contributed by atoms with Gasteiger partial charge in [-0.15, -0.1) is 0 Å². The highest BCUT2D eigenvalue weighted by molar-refractivity contribution is 5.96. The fourth-order valence-electron chi connectivity index (χ4n) is 5.37. The lowest BCUT2D eigenvalue weighted by atomic mass is 9.94. The molecular weight excluding hydrogens is 567 g/mol. The number of ketones is 1. The molecule has 1 unspecified atom stereocenters. The number of carbonyl (C=O) groups is 2. The molecule has 0 spiro atoms. The molecule has 0 radical (unpaired) electrons. The second-order valence-corrected chi connectivity index (χ2v) is 11.0. The van der Waals surface area contributed by atoms with Crippen LogP contribution in [0.4, 0.5) is 13.2 Å². The second-order valence-electron chi connectivity index (χ2n) is 11.0. The van der Waals surface area contributed by atoms with Crippen molar-refractivity contribution in [1.82, 2.24) is 15.2 Å². The van der Waals surface area contributed by atoms with Gasteiger partial charge in [0.1, 0.15) is 6.54 Å². The molecule has 1 atom stereocenters. The van der Waals surface area contributed by atoms with E-state index in [1.165, 1.54) is 6.07 Å². The van der Waals surface area contributed by atoms with E-state index in [0.717, 1.165) is 48.7 Å². The number of benzene rings is 2. The molecule has 0 bridgehead atoms. The number of amides is 1. The zero-order valence-electron chi connectivity index (χ0n) is 26.0. The lowest BCUT2D eigenvalue weighted by Crippen LogP contribution is -2.38. The van der Waals surface area contributed by atoms with Crippen LogP contribution in [0.1, 0.15) is 72.2 Å². The molecule has 3 aromatic rings. The number of pyridine rings is 1. The first-order chi connectivity index (χ1) is 20.9. The molecule has 9 heteroatoms. The minimum absolute atomic E-state index is 0.0974. The van der Waals surface area contributed by atoms with Crippen molar-refractivity contribution >= 4 is 24.5 Å². The number of hydrogen-bond donors (Lipinski definition) is 1. The van der Waals surface area contributed by atoms with Crippen LogP contribution in [0.3, 0.4) is 0 Å². The lowest BCUT2D eigenvalue weighted by molar-refractivity contribution is -0.123. The Morgan fingerprint density at radius 1 is 1.07 bits per heavy atom. The zero-order chi connectivity index (χ0) is 32.3. The van der Waals surface area contributed by atoms with Crippen LogP contribution in [0.25, 0.3) is 24.0 Å². The van der Waals surface area contributed by atoms with Gasteiger partial charge in [0.05, 0.1) is 12.8 Å². The molecule has 0 saturated carbocycles. The van der Waals surface area contributed by atoms with Crippen molar-refractivity contribution in [3.63, 3.8) is 0 Å². The molecule has 0 saturated heterocycles. The van der Waals surface area contributed by atoms with Crippen LogP contribution in [0, 0.1) is 5.92 Å². The fraction of sp³-hybridized carbons (Fsp3) is 0.400. The van der Waals surface area contributed by atoms with Gasteiger partial charge in [-0.25, -0.2) is 4.98 Å². The second kappa shape index (κ2) is 16.1. The topological polar surface area (TPSA) is 71.5 Å². The van der Waals surface area contributed by atoms with Crippen molar-refractivity contribution in [2.75, 3.05) is 27.2 Å². The average molecular weight is 610 g/mol.